The third-order valence-corrected chi connectivity index (χ3v) is 6.93. The van der Waals surface area contributed by atoms with Crippen molar-refractivity contribution >= 4 is 11.9 Å². The van der Waals surface area contributed by atoms with E-state index in [1.807, 2.05) is 27.7 Å². The monoisotopic (exact) mass is 579 g/mol. The van der Waals surface area contributed by atoms with Crippen LogP contribution in [0.3, 0.4) is 0 Å². The van der Waals surface area contributed by atoms with Crippen LogP contribution in [0.15, 0.2) is 54.7 Å². The van der Waals surface area contributed by atoms with E-state index in [1.165, 1.54) is 29.2 Å². The van der Waals surface area contributed by atoms with E-state index in [0.717, 1.165) is 18.6 Å². The highest BCUT2D eigenvalue weighted by Crippen LogP contribution is 2.32. The summed E-state index contributed by atoms with van der Waals surface area (Å²) in [6, 6.07) is 9.14. The minimum atomic E-state index is -4.44. The van der Waals surface area contributed by atoms with E-state index in [4.69, 9.17) is 0 Å². The number of benzene rings is 1. The number of alkyl halides is 3. The molecule has 3 rings (SSSR count). The molecule has 2 heterocycles. The Morgan fingerprint density at radius 1 is 1.10 bits per heavy atom. The lowest BCUT2D eigenvalue weighted by molar-refractivity contribution is -0.137. The molecule has 3 N–H and O–H groups in total. The lowest BCUT2D eigenvalue weighted by Gasteiger charge is -2.44. The van der Waals surface area contributed by atoms with Crippen LogP contribution < -0.4 is 5.32 Å². The third kappa shape index (κ3) is 8.66. The van der Waals surface area contributed by atoms with Crippen molar-refractivity contribution in [2.75, 3.05) is 11.9 Å². The van der Waals surface area contributed by atoms with E-state index in [2.05, 4.69) is 15.4 Å². The summed E-state index contributed by atoms with van der Waals surface area (Å²) in [5.41, 5.74) is -0.402. The van der Waals surface area contributed by atoms with Crippen molar-refractivity contribution < 1.29 is 32.6 Å². The number of aromatic nitrogens is 3. The molecule has 224 valence electrons. The standard InChI is InChI=1S/C29H37F4N5O3/c1-5-6-8-22(23(39)17-34-26-10-7-9-25(30)35-26)38(27(40)41)24(28(2,3)4)18-37-16-15-21(36-37)19-11-13-20(14-12-19)29(31,32)33/h7,9-16,22-24,39H,5-6,8,17-18H2,1-4H3,(H,34,35)(H,40,41)/t22-,23+,24?/m0/s1. The van der Waals surface area contributed by atoms with Gasteiger partial charge in [0.05, 0.1) is 36.0 Å². The van der Waals surface area contributed by atoms with Gasteiger partial charge >= 0.3 is 12.3 Å². The number of amides is 1. The van der Waals surface area contributed by atoms with Crippen LogP contribution in [0.1, 0.15) is 52.5 Å². The van der Waals surface area contributed by atoms with Crippen molar-refractivity contribution in [2.45, 2.75) is 77.9 Å². The minimum Gasteiger partial charge on any atom is -0.465 e. The maximum atomic E-state index is 13.5. The number of pyridine rings is 1. The zero-order valence-electron chi connectivity index (χ0n) is 23.6. The zero-order valence-corrected chi connectivity index (χ0v) is 23.6. The molecule has 41 heavy (non-hydrogen) atoms. The minimum absolute atomic E-state index is 0.0503. The van der Waals surface area contributed by atoms with Crippen molar-refractivity contribution in [3.05, 3.63) is 66.2 Å². The summed E-state index contributed by atoms with van der Waals surface area (Å²) < 4.78 is 54.0. The van der Waals surface area contributed by atoms with Gasteiger partial charge in [-0.2, -0.15) is 22.7 Å². The number of unbranched alkanes of at least 4 members (excludes halogenated alkanes) is 1. The van der Waals surface area contributed by atoms with Gasteiger partial charge in [-0.05, 0) is 42.2 Å². The summed E-state index contributed by atoms with van der Waals surface area (Å²) in [6.07, 6.45) is -3.28. The average Bonchev–Trinajstić information content (AvgIpc) is 3.36. The number of carboxylic acid groups (broad SMARTS) is 1. The predicted octanol–water partition coefficient (Wildman–Crippen LogP) is 6.53. The Hall–Kier alpha value is -3.67. The molecule has 0 bridgehead atoms. The topological polar surface area (TPSA) is 104 Å². The van der Waals surface area contributed by atoms with Gasteiger partial charge < -0.3 is 15.5 Å². The fourth-order valence-corrected chi connectivity index (χ4v) is 4.69. The second-order valence-corrected chi connectivity index (χ2v) is 11.1. The summed E-state index contributed by atoms with van der Waals surface area (Å²) in [5, 5.41) is 29.0. The number of aliphatic hydroxyl groups excluding tert-OH is 1. The molecule has 0 aliphatic rings. The van der Waals surface area contributed by atoms with Gasteiger partial charge in [-0.15, -0.1) is 0 Å². The van der Waals surface area contributed by atoms with Gasteiger partial charge in [0.2, 0.25) is 5.95 Å². The van der Waals surface area contributed by atoms with Crippen molar-refractivity contribution in [1.29, 1.82) is 0 Å². The predicted molar refractivity (Wildman–Crippen MR) is 148 cm³/mol. The van der Waals surface area contributed by atoms with E-state index in [-0.39, 0.29) is 18.9 Å². The number of hydrogen-bond donors (Lipinski definition) is 3. The van der Waals surface area contributed by atoms with Crippen molar-refractivity contribution in [2.24, 2.45) is 5.41 Å². The van der Waals surface area contributed by atoms with E-state index in [0.29, 0.717) is 24.1 Å². The maximum absolute atomic E-state index is 13.5. The fourth-order valence-electron chi connectivity index (χ4n) is 4.69. The largest absolute Gasteiger partial charge is 0.465 e. The number of carbonyl (C=O) groups is 1. The SMILES string of the molecule is CCCC[C@@H]([C@H](O)CNc1cccc(F)n1)N(C(=O)O)C(Cn1ccc(-c2ccc(C(F)(F)F)cc2)n1)C(C)(C)C. The van der Waals surface area contributed by atoms with Crippen LogP contribution in [-0.4, -0.2) is 60.7 Å². The first-order chi connectivity index (χ1) is 19.2. The molecule has 0 saturated heterocycles. The molecule has 0 saturated carbocycles. The number of nitrogens with zero attached hydrogens (tertiary/aromatic N) is 4. The first-order valence-electron chi connectivity index (χ1n) is 13.5. The van der Waals surface area contributed by atoms with Gasteiger partial charge in [0.1, 0.15) is 5.82 Å². The van der Waals surface area contributed by atoms with E-state index >= 15 is 0 Å². The van der Waals surface area contributed by atoms with Crippen LogP contribution in [0.2, 0.25) is 0 Å². The summed E-state index contributed by atoms with van der Waals surface area (Å²) in [5.74, 6) is -0.457. The molecular formula is C29H37F4N5O3. The van der Waals surface area contributed by atoms with Gasteiger partial charge in [-0.1, -0.05) is 58.7 Å². The number of halogens is 4. The Kier molecular flexibility index (Phi) is 10.4. The van der Waals surface area contributed by atoms with E-state index in [9.17, 15) is 32.6 Å². The fraction of sp³-hybridized carbons (Fsp3) is 0.483. The molecule has 3 aromatic rings. The highest BCUT2D eigenvalue weighted by Gasteiger charge is 2.40. The quantitative estimate of drug-likeness (QED) is 0.167. The Morgan fingerprint density at radius 3 is 2.34 bits per heavy atom. The van der Waals surface area contributed by atoms with Gasteiger partial charge in [0.15, 0.2) is 0 Å². The van der Waals surface area contributed by atoms with Gasteiger partial charge in [-0.25, -0.2) is 9.78 Å². The first kappa shape index (κ1) is 31.9. The smallest absolute Gasteiger partial charge is 0.416 e. The Bertz CT molecular complexity index is 1270. The van der Waals surface area contributed by atoms with Gasteiger partial charge in [0, 0.05) is 18.3 Å². The van der Waals surface area contributed by atoms with Gasteiger partial charge in [-0.3, -0.25) is 9.58 Å². The molecule has 0 spiro atoms. The highest BCUT2D eigenvalue weighted by atomic mass is 19.4. The van der Waals surface area contributed by atoms with E-state index < -0.39 is 47.4 Å². The van der Waals surface area contributed by atoms with Crippen LogP contribution in [0.4, 0.5) is 28.2 Å². The van der Waals surface area contributed by atoms with E-state index in [1.54, 1.807) is 23.0 Å². The maximum Gasteiger partial charge on any atom is 0.416 e. The van der Waals surface area contributed by atoms with Gasteiger partial charge in [0.25, 0.3) is 0 Å². The molecule has 0 fully saturated rings. The summed E-state index contributed by atoms with van der Waals surface area (Å²) in [6.45, 7) is 7.75. The highest BCUT2D eigenvalue weighted by molar-refractivity contribution is 5.66. The Balaban J connectivity index is 1.87. The lowest BCUT2D eigenvalue weighted by Crippen LogP contribution is -2.58. The molecule has 1 amide bonds. The number of anilines is 1. The molecule has 8 nitrogen and oxygen atoms in total. The number of rotatable bonds is 12. The normalized spacial score (nSPS) is 14.4. The molecule has 0 radical (unpaired) electrons. The first-order valence-corrected chi connectivity index (χ1v) is 13.5. The van der Waals surface area contributed by atoms with Crippen LogP contribution in [0.25, 0.3) is 11.3 Å². The van der Waals surface area contributed by atoms with Crippen molar-refractivity contribution in [1.82, 2.24) is 19.7 Å². The lowest BCUT2D eigenvalue weighted by atomic mass is 9.84. The molecule has 1 unspecified atom stereocenters. The van der Waals surface area contributed by atoms with Crippen molar-refractivity contribution in [3.8, 4) is 11.3 Å². The second-order valence-electron chi connectivity index (χ2n) is 11.1. The Morgan fingerprint density at radius 2 is 1.78 bits per heavy atom. The molecular weight excluding hydrogens is 542 g/mol. The molecule has 3 atom stereocenters. The van der Waals surface area contributed by atoms with Crippen molar-refractivity contribution in [3.63, 3.8) is 0 Å². The van der Waals surface area contributed by atoms with Crippen LogP contribution in [-0.2, 0) is 12.7 Å². The molecule has 0 aliphatic carbocycles. The second kappa shape index (κ2) is 13.3. The average molecular weight is 580 g/mol. The van der Waals surface area contributed by atoms with Crippen LogP contribution >= 0.6 is 0 Å². The third-order valence-electron chi connectivity index (χ3n) is 6.93. The molecule has 0 aliphatic heterocycles. The number of nitrogens with one attached hydrogen (secondary N) is 1. The van der Waals surface area contributed by atoms with Crippen LogP contribution in [0, 0.1) is 11.4 Å². The summed E-state index contributed by atoms with van der Waals surface area (Å²) in [7, 11) is 0. The number of aliphatic hydroxyl groups is 1. The molecule has 2 aromatic heterocycles. The molecule has 12 heteroatoms. The summed E-state index contributed by atoms with van der Waals surface area (Å²) >= 11 is 0. The molecule has 1 aromatic carbocycles. The van der Waals surface area contributed by atoms with Crippen LogP contribution in [0.5, 0.6) is 0 Å². The Labute approximate surface area is 237 Å². The number of hydrogen-bond acceptors (Lipinski definition) is 5. The zero-order chi connectivity index (χ0) is 30.4. The summed E-state index contributed by atoms with van der Waals surface area (Å²) in [4.78, 5) is 17.8.